The van der Waals surface area contributed by atoms with E-state index in [4.69, 9.17) is 23.2 Å². The van der Waals surface area contributed by atoms with E-state index in [1.165, 1.54) is 12.1 Å². The molecule has 0 aliphatic carbocycles. The van der Waals surface area contributed by atoms with E-state index in [2.05, 4.69) is 10.0 Å². The van der Waals surface area contributed by atoms with Crippen molar-refractivity contribution in [2.75, 3.05) is 13.1 Å². The Kier molecular flexibility index (Phi) is 5.09. The lowest BCUT2D eigenvalue weighted by molar-refractivity contribution is 0.539. The highest BCUT2D eigenvalue weighted by atomic mass is 35.5. The van der Waals surface area contributed by atoms with Crippen molar-refractivity contribution in [1.82, 2.24) is 10.0 Å². The van der Waals surface area contributed by atoms with Crippen LogP contribution in [-0.2, 0) is 10.0 Å². The number of hydrogen-bond acceptors (Lipinski definition) is 3. The summed E-state index contributed by atoms with van der Waals surface area (Å²) in [4.78, 5) is 0.0287. The molecule has 19 heavy (non-hydrogen) atoms. The van der Waals surface area contributed by atoms with Gasteiger partial charge in [-0.15, -0.1) is 0 Å². The molecule has 1 fully saturated rings. The number of sulfonamides is 1. The normalized spacial score (nSPS) is 19.8. The molecule has 1 saturated heterocycles. The maximum absolute atomic E-state index is 12.1. The molecule has 1 aliphatic rings. The van der Waals surface area contributed by atoms with Gasteiger partial charge in [-0.2, -0.15) is 0 Å². The Morgan fingerprint density at radius 3 is 2.84 bits per heavy atom. The molecular formula is C12H16Cl2N2O2S. The highest BCUT2D eigenvalue weighted by Crippen LogP contribution is 2.24. The van der Waals surface area contributed by atoms with Crippen LogP contribution in [0, 0.1) is 0 Å². The highest BCUT2D eigenvalue weighted by Gasteiger charge is 2.19. The zero-order valence-electron chi connectivity index (χ0n) is 10.3. The third-order valence-corrected chi connectivity index (χ3v) is 5.31. The molecule has 0 radical (unpaired) electrons. The predicted octanol–water partition coefficient (Wildman–Crippen LogP) is 2.41. The van der Waals surface area contributed by atoms with Crippen LogP contribution in [0.1, 0.15) is 19.3 Å². The molecule has 2 N–H and O–H groups in total. The summed E-state index contributed by atoms with van der Waals surface area (Å²) in [5.74, 6) is 0. The van der Waals surface area contributed by atoms with E-state index in [0.29, 0.717) is 17.6 Å². The zero-order valence-corrected chi connectivity index (χ0v) is 12.7. The van der Waals surface area contributed by atoms with Gasteiger partial charge in [0.15, 0.2) is 0 Å². The van der Waals surface area contributed by atoms with E-state index in [0.717, 1.165) is 25.8 Å². The molecule has 4 nitrogen and oxygen atoms in total. The number of rotatable bonds is 5. The van der Waals surface area contributed by atoms with Gasteiger partial charge in [-0.1, -0.05) is 23.2 Å². The molecule has 7 heteroatoms. The van der Waals surface area contributed by atoms with Crippen molar-refractivity contribution >= 4 is 33.2 Å². The summed E-state index contributed by atoms with van der Waals surface area (Å²) in [7, 11) is -3.60. The minimum Gasteiger partial charge on any atom is -0.314 e. The average molecular weight is 323 g/mol. The van der Waals surface area contributed by atoms with Crippen LogP contribution in [0.3, 0.4) is 0 Å². The molecule has 1 aromatic carbocycles. The summed E-state index contributed by atoms with van der Waals surface area (Å²) in [5, 5.41) is 3.85. The standard InChI is InChI=1S/C12H16Cl2N2O2S/c13-9-3-4-11(14)12(8-9)19(17,18)16-7-5-10-2-1-6-15-10/h3-4,8,10,15-16H,1-2,5-7H2/t10-/m1/s1. The fourth-order valence-corrected chi connectivity index (χ4v) is 3.94. The Bertz CT molecular complexity index is 543. The molecule has 0 amide bonds. The Morgan fingerprint density at radius 1 is 1.37 bits per heavy atom. The van der Waals surface area contributed by atoms with Crippen LogP contribution in [-0.4, -0.2) is 27.5 Å². The lowest BCUT2D eigenvalue weighted by atomic mass is 10.2. The van der Waals surface area contributed by atoms with Crippen molar-refractivity contribution in [1.29, 1.82) is 0 Å². The van der Waals surface area contributed by atoms with E-state index >= 15 is 0 Å². The van der Waals surface area contributed by atoms with E-state index in [9.17, 15) is 8.42 Å². The number of nitrogens with one attached hydrogen (secondary N) is 2. The summed E-state index contributed by atoms with van der Waals surface area (Å²) in [5.41, 5.74) is 0. The average Bonchev–Trinajstić information content (AvgIpc) is 2.85. The Morgan fingerprint density at radius 2 is 2.16 bits per heavy atom. The van der Waals surface area contributed by atoms with Gasteiger partial charge in [0.1, 0.15) is 4.90 Å². The maximum atomic E-state index is 12.1. The van der Waals surface area contributed by atoms with Gasteiger partial charge >= 0.3 is 0 Å². The summed E-state index contributed by atoms with van der Waals surface area (Å²) in [6, 6.07) is 4.81. The smallest absolute Gasteiger partial charge is 0.242 e. The van der Waals surface area contributed by atoms with Crippen molar-refractivity contribution in [2.24, 2.45) is 0 Å². The van der Waals surface area contributed by atoms with Crippen molar-refractivity contribution in [3.63, 3.8) is 0 Å². The second-order valence-electron chi connectivity index (χ2n) is 4.55. The van der Waals surface area contributed by atoms with Crippen molar-refractivity contribution in [2.45, 2.75) is 30.2 Å². The molecule has 2 rings (SSSR count). The monoisotopic (exact) mass is 322 g/mol. The molecule has 106 valence electrons. The van der Waals surface area contributed by atoms with Gasteiger partial charge in [0.2, 0.25) is 10.0 Å². The zero-order chi connectivity index (χ0) is 13.9. The van der Waals surface area contributed by atoms with Gasteiger partial charge in [0.25, 0.3) is 0 Å². The summed E-state index contributed by atoms with van der Waals surface area (Å²) >= 11 is 11.7. The van der Waals surface area contributed by atoms with Gasteiger partial charge in [0, 0.05) is 17.6 Å². The first-order valence-electron chi connectivity index (χ1n) is 6.17. The molecule has 0 bridgehead atoms. The SMILES string of the molecule is O=S(=O)(NCC[C@H]1CCCN1)c1cc(Cl)ccc1Cl. The summed E-state index contributed by atoms with van der Waals surface area (Å²) in [6.07, 6.45) is 3.02. The van der Waals surface area contributed by atoms with E-state index in [-0.39, 0.29) is 9.92 Å². The predicted molar refractivity (Wildman–Crippen MR) is 77.3 cm³/mol. The summed E-state index contributed by atoms with van der Waals surface area (Å²) in [6.45, 7) is 1.40. The Balaban J connectivity index is 1.99. The molecule has 1 heterocycles. The van der Waals surface area contributed by atoms with Crippen LogP contribution in [0.25, 0.3) is 0 Å². The van der Waals surface area contributed by atoms with Gasteiger partial charge in [-0.3, -0.25) is 0 Å². The van der Waals surface area contributed by atoms with Crippen LogP contribution in [0.15, 0.2) is 23.1 Å². The second kappa shape index (κ2) is 6.41. The topological polar surface area (TPSA) is 58.2 Å². The van der Waals surface area contributed by atoms with Crippen LogP contribution in [0.4, 0.5) is 0 Å². The van der Waals surface area contributed by atoms with Crippen molar-refractivity contribution < 1.29 is 8.42 Å². The third kappa shape index (κ3) is 4.07. The van der Waals surface area contributed by atoms with Gasteiger partial charge in [-0.05, 0) is 44.0 Å². The second-order valence-corrected chi connectivity index (χ2v) is 7.13. The summed E-state index contributed by atoms with van der Waals surface area (Å²) < 4.78 is 26.8. The first-order chi connectivity index (χ1) is 8.99. The third-order valence-electron chi connectivity index (χ3n) is 3.13. The minimum absolute atomic E-state index is 0.0287. The first kappa shape index (κ1) is 15.1. The van der Waals surface area contributed by atoms with Gasteiger partial charge in [0.05, 0.1) is 5.02 Å². The largest absolute Gasteiger partial charge is 0.314 e. The van der Waals surface area contributed by atoms with Crippen LogP contribution < -0.4 is 10.0 Å². The minimum atomic E-state index is -3.60. The van der Waals surface area contributed by atoms with Crippen molar-refractivity contribution in [3.05, 3.63) is 28.2 Å². The van der Waals surface area contributed by atoms with Crippen LogP contribution >= 0.6 is 23.2 Å². The molecule has 1 atom stereocenters. The molecule has 0 spiro atoms. The molecule has 0 aromatic heterocycles. The fraction of sp³-hybridized carbons (Fsp3) is 0.500. The molecule has 1 aromatic rings. The van der Waals surface area contributed by atoms with E-state index in [1.54, 1.807) is 6.07 Å². The number of hydrogen-bond donors (Lipinski definition) is 2. The quantitative estimate of drug-likeness (QED) is 0.875. The van der Waals surface area contributed by atoms with Gasteiger partial charge < -0.3 is 5.32 Å². The number of benzene rings is 1. The van der Waals surface area contributed by atoms with E-state index < -0.39 is 10.0 Å². The first-order valence-corrected chi connectivity index (χ1v) is 8.41. The molecule has 1 aliphatic heterocycles. The van der Waals surface area contributed by atoms with Gasteiger partial charge in [-0.25, -0.2) is 13.1 Å². The number of halogens is 2. The van der Waals surface area contributed by atoms with Crippen LogP contribution in [0.5, 0.6) is 0 Å². The highest BCUT2D eigenvalue weighted by molar-refractivity contribution is 7.89. The fourth-order valence-electron chi connectivity index (χ4n) is 2.13. The van der Waals surface area contributed by atoms with Crippen molar-refractivity contribution in [3.8, 4) is 0 Å². The van der Waals surface area contributed by atoms with E-state index in [1.807, 2.05) is 0 Å². The Labute approximate surface area is 123 Å². The maximum Gasteiger partial charge on any atom is 0.242 e. The Hall–Kier alpha value is -0.330. The molecule has 0 unspecified atom stereocenters. The lowest BCUT2D eigenvalue weighted by Crippen LogP contribution is -2.30. The van der Waals surface area contributed by atoms with Crippen LogP contribution in [0.2, 0.25) is 10.0 Å². The molecular weight excluding hydrogens is 307 g/mol. The molecule has 0 saturated carbocycles. The lowest BCUT2D eigenvalue weighted by Gasteiger charge is -2.12.